The highest BCUT2D eigenvalue weighted by molar-refractivity contribution is 5.19. The van der Waals surface area contributed by atoms with Gasteiger partial charge in [0.1, 0.15) is 0 Å². The van der Waals surface area contributed by atoms with Crippen LogP contribution in [0.15, 0.2) is 30.9 Å². The van der Waals surface area contributed by atoms with Crippen LogP contribution >= 0.6 is 0 Å². The zero-order valence-electron chi connectivity index (χ0n) is 8.06. The Hall–Kier alpha value is -1.22. The van der Waals surface area contributed by atoms with Gasteiger partial charge in [0, 0.05) is 6.04 Å². The Balaban J connectivity index is 2.76. The zero-order chi connectivity index (χ0) is 10.6. The smallest absolute Gasteiger partial charge is 0.159 e. The maximum absolute atomic E-state index is 12.8. The summed E-state index contributed by atoms with van der Waals surface area (Å²) in [6.07, 6.45) is 2.35. The number of rotatable bonds is 4. The number of hydrogen-bond acceptors (Lipinski definition) is 1. The molecule has 0 saturated carbocycles. The molecule has 14 heavy (non-hydrogen) atoms. The first-order valence-electron chi connectivity index (χ1n) is 4.41. The largest absolute Gasteiger partial charge is 0.313 e. The summed E-state index contributed by atoms with van der Waals surface area (Å²) in [5.41, 5.74) is 0.753. The van der Waals surface area contributed by atoms with E-state index in [1.165, 1.54) is 6.07 Å². The van der Waals surface area contributed by atoms with Gasteiger partial charge in [-0.05, 0) is 31.2 Å². The van der Waals surface area contributed by atoms with Crippen LogP contribution < -0.4 is 5.32 Å². The monoisotopic (exact) mass is 197 g/mol. The van der Waals surface area contributed by atoms with Gasteiger partial charge in [0.05, 0.1) is 0 Å². The van der Waals surface area contributed by atoms with Gasteiger partial charge in [-0.15, -0.1) is 6.58 Å². The van der Waals surface area contributed by atoms with Gasteiger partial charge < -0.3 is 5.32 Å². The van der Waals surface area contributed by atoms with Crippen LogP contribution in [0, 0.1) is 11.6 Å². The lowest BCUT2D eigenvalue weighted by molar-refractivity contribution is 0.506. The van der Waals surface area contributed by atoms with Gasteiger partial charge in [-0.1, -0.05) is 12.1 Å². The Morgan fingerprint density at radius 3 is 2.64 bits per heavy atom. The molecule has 0 fully saturated rings. The first-order valence-corrected chi connectivity index (χ1v) is 4.41. The van der Waals surface area contributed by atoms with Crippen molar-refractivity contribution in [1.82, 2.24) is 5.32 Å². The molecule has 1 atom stereocenters. The average Bonchev–Trinajstić information content (AvgIpc) is 2.19. The third-order valence-corrected chi connectivity index (χ3v) is 2.09. The van der Waals surface area contributed by atoms with Gasteiger partial charge in [-0.2, -0.15) is 0 Å². The number of halogens is 2. The van der Waals surface area contributed by atoms with Crippen LogP contribution in [0.3, 0.4) is 0 Å². The van der Waals surface area contributed by atoms with E-state index in [1.807, 2.05) is 0 Å². The molecule has 1 aromatic rings. The second-order valence-electron chi connectivity index (χ2n) is 3.08. The second-order valence-corrected chi connectivity index (χ2v) is 3.08. The van der Waals surface area contributed by atoms with Crippen LogP contribution in [0.1, 0.15) is 5.56 Å². The zero-order valence-corrected chi connectivity index (χ0v) is 8.06. The van der Waals surface area contributed by atoms with Crippen LogP contribution in [-0.2, 0) is 6.42 Å². The molecule has 0 aliphatic carbocycles. The molecule has 0 heterocycles. The Morgan fingerprint density at radius 1 is 1.43 bits per heavy atom. The van der Waals surface area contributed by atoms with E-state index in [0.717, 1.165) is 11.6 Å². The lowest BCUT2D eigenvalue weighted by Crippen LogP contribution is -2.24. The molecule has 0 aliphatic rings. The summed E-state index contributed by atoms with van der Waals surface area (Å²) in [7, 11) is 1.80. The van der Waals surface area contributed by atoms with Crippen LogP contribution in [0.2, 0.25) is 0 Å². The fraction of sp³-hybridized carbons (Fsp3) is 0.273. The van der Waals surface area contributed by atoms with Crippen LogP contribution in [-0.4, -0.2) is 13.1 Å². The molecule has 76 valence electrons. The van der Waals surface area contributed by atoms with Gasteiger partial charge in [-0.25, -0.2) is 8.78 Å². The summed E-state index contributed by atoms with van der Waals surface area (Å²) < 4.78 is 25.4. The van der Waals surface area contributed by atoms with Gasteiger partial charge in [-0.3, -0.25) is 0 Å². The van der Waals surface area contributed by atoms with Gasteiger partial charge in [0.2, 0.25) is 0 Å². The first kappa shape index (κ1) is 10.9. The molecule has 0 aromatic heterocycles. The molecule has 3 heteroatoms. The summed E-state index contributed by atoms with van der Waals surface area (Å²) in [5, 5.41) is 3.00. The average molecular weight is 197 g/mol. The maximum Gasteiger partial charge on any atom is 0.159 e. The SMILES string of the molecule is C=CC(Cc1ccc(F)c(F)c1)NC. The van der Waals surface area contributed by atoms with Crippen molar-refractivity contribution in [3.05, 3.63) is 48.1 Å². The van der Waals surface area contributed by atoms with E-state index in [4.69, 9.17) is 0 Å². The lowest BCUT2D eigenvalue weighted by Gasteiger charge is -2.10. The highest BCUT2D eigenvalue weighted by atomic mass is 19.2. The van der Waals surface area contributed by atoms with Crippen molar-refractivity contribution in [2.45, 2.75) is 12.5 Å². The van der Waals surface area contributed by atoms with Gasteiger partial charge in [0.15, 0.2) is 11.6 Å². The van der Waals surface area contributed by atoms with E-state index in [0.29, 0.717) is 6.42 Å². The van der Waals surface area contributed by atoms with E-state index in [1.54, 1.807) is 19.2 Å². The highest BCUT2D eigenvalue weighted by Crippen LogP contribution is 2.10. The highest BCUT2D eigenvalue weighted by Gasteiger charge is 2.06. The van der Waals surface area contributed by atoms with Crippen LogP contribution in [0.5, 0.6) is 0 Å². The summed E-state index contributed by atoms with van der Waals surface area (Å²) in [6, 6.07) is 4.01. The molecule has 0 bridgehead atoms. The van der Waals surface area contributed by atoms with Crippen LogP contribution in [0.4, 0.5) is 8.78 Å². The predicted molar refractivity (Wildman–Crippen MR) is 53.1 cm³/mol. The molecule has 1 unspecified atom stereocenters. The Kier molecular flexibility index (Phi) is 3.77. The normalized spacial score (nSPS) is 12.5. The van der Waals surface area contributed by atoms with Crippen molar-refractivity contribution in [1.29, 1.82) is 0 Å². The summed E-state index contributed by atoms with van der Waals surface area (Å²) in [6.45, 7) is 3.64. The first-order chi connectivity index (χ1) is 6.67. The Bertz CT molecular complexity index is 323. The van der Waals surface area contributed by atoms with Crippen molar-refractivity contribution in [2.24, 2.45) is 0 Å². The predicted octanol–water partition coefficient (Wildman–Crippen LogP) is 2.28. The maximum atomic E-state index is 12.8. The van der Waals surface area contributed by atoms with Crippen molar-refractivity contribution in [2.75, 3.05) is 7.05 Å². The van der Waals surface area contributed by atoms with Crippen molar-refractivity contribution in [3.63, 3.8) is 0 Å². The quantitative estimate of drug-likeness (QED) is 0.730. The molecule has 1 aromatic carbocycles. The fourth-order valence-electron chi connectivity index (χ4n) is 1.22. The molecular weight excluding hydrogens is 184 g/mol. The third-order valence-electron chi connectivity index (χ3n) is 2.09. The van der Waals surface area contributed by atoms with Crippen molar-refractivity contribution < 1.29 is 8.78 Å². The third kappa shape index (κ3) is 2.64. The molecule has 0 spiro atoms. The fourth-order valence-corrected chi connectivity index (χ4v) is 1.22. The minimum atomic E-state index is -0.812. The lowest BCUT2D eigenvalue weighted by atomic mass is 10.1. The Labute approximate surface area is 82.4 Å². The number of likely N-dealkylation sites (N-methyl/N-ethyl adjacent to an activating group) is 1. The van der Waals surface area contributed by atoms with E-state index in [9.17, 15) is 8.78 Å². The molecular formula is C11H13F2N. The van der Waals surface area contributed by atoms with E-state index < -0.39 is 11.6 Å². The standard InChI is InChI=1S/C11H13F2N/c1-3-9(14-2)6-8-4-5-10(12)11(13)7-8/h3-5,7,9,14H,1,6H2,2H3. The summed E-state index contributed by atoms with van der Waals surface area (Å²) >= 11 is 0. The molecule has 1 nitrogen and oxygen atoms in total. The van der Waals surface area contributed by atoms with Crippen molar-refractivity contribution in [3.8, 4) is 0 Å². The van der Waals surface area contributed by atoms with Crippen molar-refractivity contribution >= 4 is 0 Å². The van der Waals surface area contributed by atoms with Crippen LogP contribution in [0.25, 0.3) is 0 Å². The Morgan fingerprint density at radius 2 is 2.14 bits per heavy atom. The molecule has 0 aliphatic heterocycles. The number of hydrogen-bond donors (Lipinski definition) is 1. The number of benzene rings is 1. The molecule has 1 rings (SSSR count). The summed E-state index contributed by atoms with van der Waals surface area (Å²) in [5.74, 6) is -1.62. The topological polar surface area (TPSA) is 12.0 Å². The number of nitrogens with one attached hydrogen (secondary N) is 1. The summed E-state index contributed by atoms with van der Waals surface area (Å²) in [4.78, 5) is 0. The minimum absolute atomic E-state index is 0.0832. The van der Waals surface area contributed by atoms with E-state index in [2.05, 4.69) is 11.9 Å². The van der Waals surface area contributed by atoms with Gasteiger partial charge in [0.25, 0.3) is 0 Å². The van der Waals surface area contributed by atoms with E-state index in [-0.39, 0.29) is 6.04 Å². The minimum Gasteiger partial charge on any atom is -0.313 e. The van der Waals surface area contributed by atoms with E-state index >= 15 is 0 Å². The molecule has 1 N–H and O–H groups in total. The van der Waals surface area contributed by atoms with Gasteiger partial charge >= 0.3 is 0 Å². The molecule has 0 amide bonds. The second kappa shape index (κ2) is 4.86. The molecule has 0 saturated heterocycles. The molecule has 0 radical (unpaired) electrons.